The Balaban J connectivity index is 2.27. The fourth-order valence-electron chi connectivity index (χ4n) is 2.12. The third kappa shape index (κ3) is 2.87. The minimum atomic E-state index is 0.187. The summed E-state index contributed by atoms with van der Waals surface area (Å²) in [5.74, 6) is 1.07. The van der Waals surface area contributed by atoms with E-state index in [1.807, 2.05) is 0 Å². The molecule has 0 aliphatic carbocycles. The highest BCUT2D eigenvalue weighted by atomic mass is 32.1. The van der Waals surface area contributed by atoms with E-state index < -0.39 is 0 Å². The van der Waals surface area contributed by atoms with Gasteiger partial charge in [0.15, 0.2) is 0 Å². The third-order valence-electron chi connectivity index (χ3n) is 2.86. The Labute approximate surface area is 107 Å². The number of nitrogens with one attached hydrogen (secondary N) is 1. The number of aryl methyl sites for hydroxylation is 2. The molecule has 0 saturated carbocycles. The number of aromatic nitrogens is 1. The number of likely N-dealkylation sites (N-methyl/N-ethyl adjacent to an activating group) is 1. The first-order chi connectivity index (χ1) is 8.22. The molecule has 0 fully saturated rings. The van der Waals surface area contributed by atoms with E-state index in [0.29, 0.717) is 0 Å². The van der Waals surface area contributed by atoms with Crippen LogP contribution >= 0.6 is 11.3 Å². The molecule has 1 aromatic heterocycles. The van der Waals surface area contributed by atoms with E-state index in [1.165, 1.54) is 4.88 Å². The summed E-state index contributed by atoms with van der Waals surface area (Å²) < 4.78 is 5.79. The minimum absolute atomic E-state index is 0.187. The van der Waals surface area contributed by atoms with Gasteiger partial charge in [-0.05, 0) is 39.3 Å². The van der Waals surface area contributed by atoms with Gasteiger partial charge >= 0.3 is 0 Å². The van der Waals surface area contributed by atoms with Crippen LogP contribution in [0.1, 0.15) is 41.4 Å². The number of allylic oxidation sites excluding steroid dienone is 1. The van der Waals surface area contributed by atoms with E-state index in [1.54, 1.807) is 11.3 Å². The molecule has 17 heavy (non-hydrogen) atoms. The molecule has 1 N–H and O–H groups in total. The van der Waals surface area contributed by atoms with Crippen molar-refractivity contribution in [3.8, 4) is 0 Å². The first-order valence-electron chi connectivity index (χ1n) is 6.22. The van der Waals surface area contributed by atoms with E-state index in [9.17, 15) is 0 Å². The highest BCUT2D eigenvalue weighted by Crippen LogP contribution is 2.32. The summed E-state index contributed by atoms with van der Waals surface area (Å²) in [6.45, 7) is 8.03. The van der Waals surface area contributed by atoms with Crippen molar-refractivity contribution in [2.45, 2.75) is 39.7 Å². The van der Waals surface area contributed by atoms with Crippen LogP contribution in [-0.4, -0.2) is 18.1 Å². The lowest BCUT2D eigenvalue weighted by atomic mass is 10.1. The number of hydrogen-bond donors (Lipinski definition) is 1. The summed E-state index contributed by atoms with van der Waals surface area (Å²) in [5, 5.41) is 4.62. The highest BCUT2D eigenvalue weighted by molar-refractivity contribution is 7.11. The maximum atomic E-state index is 5.79. The Morgan fingerprint density at radius 3 is 2.88 bits per heavy atom. The molecule has 2 rings (SSSR count). The molecule has 1 aliphatic heterocycles. The predicted molar refractivity (Wildman–Crippen MR) is 71.3 cm³/mol. The Kier molecular flexibility index (Phi) is 4.18. The molecule has 1 aliphatic rings. The molecule has 4 heteroatoms. The van der Waals surface area contributed by atoms with Crippen molar-refractivity contribution in [1.29, 1.82) is 0 Å². The van der Waals surface area contributed by atoms with E-state index in [0.717, 1.165) is 42.5 Å². The molecule has 0 aromatic carbocycles. The monoisotopic (exact) mass is 252 g/mol. The summed E-state index contributed by atoms with van der Waals surface area (Å²) in [4.78, 5) is 5.79. The smallest absolute Gasteiger partial charge is 0.114 e. The van der Waals surface area contributed by atoms with Crippen LogP contribution in [0.25, 0.3) is 0 Å². The normalized spacial score (nSPS) is 17.5. The van der Waals surface area contributed by atoms with Gasteiger partial charge in [0.2, 0.25) is 0 Å². The molecule has 94 valence electrons. The Morgan fingerprint density at radius 2 is 2.35 bits per heavy atom. The Hall–Kier alpha value is -0.870. The summed E-state index contributed by atoms with van der Waals surface area (Å²) in [5.41, 5.74) is 1.12. The zero-order chi connectivity index (χ0) is 12.3. The van der Waals surface area contributed by atoms with Gasteiger partial charge < -0.3 is 10.1 Å². The van der Waals surface area contributed by atoms with Gasteiger partial charge in [0.05, 0.1) is 22.2 Å². The van der Waals surface area contributed by atoms with E-state index >= 15 is 0 Å². The second-order valence-electron chi connectivity index (χ2n) is 4.27. The van der Waals surface area contributed by atoms with Gasteiger partial charge in [-0.15, -0.1) is 11.3 Å². The van der Waals surface area contributed by atoms with Crippen molar-refractivity contribution < 1.29 is 4.74 Å². The fourth-order valence-corrected chi connectivity index (χ4v) is 3.13. The standard InChI is InChI=1S/C13H20N2OS/c1-4-14-12(11-7-5-6-8-16-11)13-9(2)15-10(3)17-13/h7,12,14H,4-6,8H2,1-3H3. The number of ether oxygens (including phenoxy) is 1. The summed E-state index contributed by atoms with van der Waals surface area (Å²) in [7, 11) is 0. The fraction of sp³-hybridized carbons (Fsp3) is 0.615. The lowest BCUT2D eigenvalue weighted by molar-refractivity contribution is 0.168. The SMILES string of the molecule is CCNC(C1=CCCCO1)c1sc(C)nc1C. The van der Waals surface area contributed by atoms with E-state index in [4.69, 9.17) is 4.74 Å². The molecule has 0 amide bonds. The quantitative estimate of drug-likeness (QED) is 0.894. The average Bonchev–Trinajstić information content (AvgIpc) is 2.66. The van der Waals surface area contributed by atoms with Gasteiger partial charge in [0.25, 0.3) is 0 Å². The second kappa shape index (κ2) is 5.65. The van der Waals surface area contributed by atoms with Crippen molar-refractivity contribution in [3.05, 3.63) is 27.4 Å². The van der Waals surface area contributed by atoms with Crippen molar-refractivity contribution in [1.82, 2.24) is 10.3 Å². The van der Waals surface area contributed by atoms with Crippen LogP contribution in [0.5, 0.6) is 0 Å². The lowest BCUT2D eigenvalue weighted by Gasteiger charge is -2.24. The highest BCUT2D eigenvalue weighted by Gasteiger charge is 2.23. The minimum Gasteiger partial charge on any atom is -0.496 e. The van der Waals surface area contributed by atoms with Crippen molar-refractivity contribution >= 4 is 11.3 Å². The Morgan fingerprint density at radius 1 is 1.53 bits per heavy atom. The number of nitrogens with zero attached hydrogens (tertiary/aromatic N) is 1. The van der Waals surface area contributed by atoms with Crippen molar-refractivity contribution in [3.63, 3.8) is 0 Å². The summed E-state index contributed by atoms with van der Waals surface area (Å²) in [6, 6.07) is 0.187. The second-order valence-corrected chi connectivity index (χ2v) is 5.51. The molecular formula is C13H20N2OS. The maximum absolute atomic E-state index is 5.79. The van der Waals surface area contributed by atoms with Crippen LogP contribution in [0.4, 0.5) is 0 Å². The summed E-state index contributed by atoms with van der Waals surface area (Å²) in [6.07, 6.45) is 4.46. The Bertz CT molecular complexity index is 412. The van der Waals surface area contributed by atoms with Crippen LogP contribution < -0.4 is 5.32 Å². The zero-order valence-electron chi connectivity index (χ0n) is 10.7. The van der Waals surface area contributed by atoms with Gasteiger partial charge in [-0.3, -0.25) is 0 Å². The molecule has 1 atom stereocenters. The van der Waals surface area contributed by atoms with Gasteiger partial charge in [0.1, 0.15) is 11.8 Å². The molecule has 3 nitrogen and oxygen atoms in total. The lowest BCUT2D eigenvalue weighted by Crippen LogP contribution is -2.25. The van der Waals surface area contributed by atoms with E-state index in [2.05, 4.69) is 37.1 Å². The number of rotatable bonds is 4. The molecule has 0 saturated heterocycles. The predicted octanol–water partition coefficient (Wildman–Crippen LogP) is 3.10. The third-order valence-corrected chi connectivity index (χ3v) is 3.99. The van der Waals surface area contributed by atoms with Gasteiger partial charge in [-0.1, -0.05) is 6.92 Å². The molecule has 2 heterocycles. The van der Waals surface area contributed by atoms with Crippen molar-refractivity contribution in [2.75, 3.05) is 13.2 Å². The van der Waals surface area contributed by atoms with Gasteiger partial charge in [0, 0.05) is 0 Å². The molecule has 1 unspecified atom stereocenters. The molecular weight excluding hydrogens is 232 g/mol. The van der Waals surface area contributed by atoms with E-state index in [-0.39, 0.29) is 6.04 Å². The first kappa shape index (κ1) is 12.6. The van der Waals surface area contributed by atoms with Crippen LogP contribution in [0.2, 0.25) is 0 Å². The first-order valence-corrected chi connectivity index (χ1v) is 7.04. The maximum Gasteiger partial charge on any atom is 0.114 e. The van der Waals surface area contributed by atoms with Gasteiger partial charge in [-0.2, -0.15) is 0 Å². The summed E-state index contributed by atoms with van der Waals surface area (Å²) >= 11 is 1.76. The number of thiazole rings is 1. The molecule has 0 spiro atoms. The zero-order valence-corrected chi connectivity index (χ0v) is 11.6. The van der Waals surface area contributed by atoms with Crippen LogP contribution in [0, 0.1) is 13.8 Å². The van der Waals surface area contributed by atoms with Crippen LogP contribution in [0.3, 0.4) is 0 Å². The van der Waals surface area contributed by atoms with Crippen LogP contribution in [0.15, 0.2) is 11.8 Å². The molecule has 1 aromatic rings. The molecule has 0 bridgehead atoms. The van der Waals surface area contributed by atoms with Crippen LogP contribution in [-0.2, 0) is 4.74 Å². The topological polar surface area (TPSA) is 34.1 Å². The van der Waals surface area contributed by atoms with Crippen molar-refractivity contribution in [2.24, 2.45) is 0 Å². The largest absolute Gasteiger partial charge is 0.496 e. The number of hydrogen-bond acceptors (Lipinski definition) is 4. The average molecular weight is 252 g/mol. The van der Waals surface area contributed by atoms with Gasteiger partial charge in [-0.25, -0.2) is 4.98 Å². The molecule has 0 radical (unpaired) electrons.